The quantitative estimate of drug-likeness (QED) is 0.711. The first-order chi connectivity index (χ1) is 9.16. The van der Waals surface area contributed by atoms with Crippen molar-refractivity contribution in [2.45, 2.75) is 0 Å². The molecule has 0 atom stereocenters. The molecule has 1 heterocycles. The van der Waals surface area contributed by atoms with Crippen LogP contribution in [0.4, 0.5) is 16.2 Å². The first-order valence-electron chi connectivity index (χ1n) is 5.53. The molecule has 2 rings (SSSR count). The molecule has 0 aliphatic rings. The van der Waals surface area contributed by atoms with Gasteiger partial charge in [-0.25, -0.2) is 4.79 Å². The monoisotopic (exact) mass is 256 g/mol. The van der Waals surface area contributed by atoms with Crippen molar-refractivity contribution in [2.75, 3.05) is 11.1 Å². The molecule has 6 heteroatoms. The van der Waals surface area contributed by atoms with Crippen molar-refractivity contribution in [3.63, 3.8) is 0 Å². The molecular formula is C13H12N4O2. The van der Waals surface area contributed by atoms with Gasteiger partial charge >= 0.3 is 6.03 Å². The summed E-state index contributed by atoms with van der Waals surface area (Å²) < 4.78 is 0. The van der Waals surface area contributed by atoms with Gasteiger partial charge < -0.3 is 11.1 Å². The highest BCUT2D eigenvalue weighted by atomic mass is 16.2. The van der Waals surface area contributed by atoms with E-state index in [9.17, 15) is 9.59 Å². The maximum absolute atomic E-state index is 11.8. The number of nitrogens with zero attached hydrogens (tertiary/aromatic N) is 1. The van der Waals surface area contributed by atoms with Crippen molar-refractivity contribution < 1.29 is 9.59 Å². The molecule has 1 aromatic heterocycles. The van der Waals surface area contributed by atoms with E-state index in [0.29, 0.717) is 11.4 Å². The molecule has 4 N–H and O–H groups in total. The van der Waals surface area contributed by atoms with Crippen molar-refractivity contribution in [1.82, 2.24) is 10.3 Å². The van der Waals surface area contributed by atoms with Crippen LogP contribution in [-0.4, -0.2) is 16.9 Å². The second-order valence-electron chi connectivity index (χ2n) is 3.74. The Morgan fingerprint density at radius 3 is 2.58 bits per heavy atom. The number of carbonyl (C=O) groups excluding carboxylic acids is 2. The number of amides is 3. The highest BCUT2D eigenvalue weighted by molar-refractivity contribution is 6.10. The number of pyridine rings is 1. The molecule has 0 saturated heterocycles. The van der Waals surface area contributed by atoms with E-state index in [0.717, 1.165) is 0 Å². The summed E-state index contributed by atoms with van der Waals surface area (Å²) in [7, 11) is 0. The number of anilines is 2. The zero-order chi connectivity index (χ0) is 13.7. The third kappa shape index (κ3) is 3.29. The smallest absolute Gasteiger partial charge is 0.326 e. The molecule has 2 aromatic rings. The van der Waals surface area contributed by atoms with Gasteiger partial charge in [0.25, 0.3) is 5.91 Å². The normalized spacial score (nSPS) is 9.68. The predicted octanol–water partition coefficient (Wildman–Crippen LogP) is 1.63. The summed E-state index contributed by atoms with van der Waals surface area (Å²) in [4.78, 5) is 27.2. The molecule has 19 heavy (non-hydrogen) atoms. The minimum atomic E-state index is -0.638. The van der Waals surface area contributed by atoms with Crippen LogP contribution in [0.3, 0.4) is 0 Å². The number of para-hydroxylation sites is 1. The summed E-state index contributed by atoms with van der Waals surface area (Å²) >= 11 is 0. The van der Waals surface area contributed by atoms with E-state index >= 15 is 0 Å². The van der Waals surface area contributed by atoms with E-state index in [1.165, 1.54) is 6.20 Å². The van der Waals surface area contributed by atoms with Crippen molar-refractivity contribution in [1.29, 1.82) is 0 Å². The third-order valence-corrected chi connectivity index (χ3v) is 2.35. The lowest BCUT2D eigenvalue weighted by atomic mass is 10.2. The number of nitrogen functional groups attached to an aromatic ring is 1. The fourth-order valence-corrected chi connectivity index (χ4v) is 1.47. The van der Waals surface area contributed by atoms with Gasteiger partial charge in [-0.1, -0.05) is 12.1 Å². The molecule has 3 amide bonds. The van der Waals surface area contributed by atoms with Gasteiger partial charge in [-0.3, -0.25) is 15.1 Å². The van der Waals surface area contributed by atoms with E-state index < -0.39 is 11.9 Å². The van der Waals surface area contributed by atoms with Crippen LogP contribution in [0.1, 0.15) is 10.4 Å². The first-order valence-corrected chi connectivity index (χ1v) is 5.53. The van der Waals surface area contributed by atoms with Gasteiger partial charge in [-0.15, -0.1) is 0 Å². The lowest BCUT2D eigenvalue weighted by Gasteiger charge is -2.07. The topological polar surface area (TPSA) is 97.1 Å². The minimum Gasteiger partial charge on any atom is -0.398 e. The number of hydrogen-bond acceptors (Lipinski definition) is 4. The Morgan fingerprint density at radius 1 is 1.11 bits per heavy atom. The van der Waals surface area contributed by atoms with Crippen LogP contribution < -0.4 is 16.4 Å². The summed E-state index contributed by atoms with van der Waals surface area (Å²) in [6.45, 7) is 0. The summed E-state index contributed by atoms with van der Waals surface area (Å²) in [6.07, 6.45) is 3.06. The van der Waals surface area contributed by atoms with E-state index in [1.54, 1.807) is 42.6 Å². The van der Waals surface area contributed by atoms with Crippen molar-refractivity contribution in [3.05, 3.63) is 54.4 Å². The lowest BCUT2D eigenvalue weighted by Crippen LogP contribution is -2.34. The average Bonchev–Trinajstić information content (AvgIpc) is 2.40. The number of urea groups is 1. The maximum Gasteiger partial charge on any atom is 0.326 e. The van der Waals surface area contributed by atoms with Crippen molar-refractivity contribution in [3.8, 4) is 0 Å². The molecule has 1 aromatic carbocycles. The maximum atomic E-state index is 11.8. The molecule has 96 valence electrons. The lowest BCUT2D eigenvalue weighted by molar-refractivity contribution is 0.0968. The van der Waals surface area contributed by atoms with Crippen LogP contribution in [0.2, 0.25) is 0 Å². The number of imide groups is 1. The highest BCUT2D eigenvalue weighted by Crippen LogP contribution is 2.10. The molecule has 0 saturated carbocycles. The Bertz CT molecular complexity index is 599. The molecular weight excluding hydrogens is 244 g/mol. The second-order valence-corrected chi connectivity index (χ2v) is 3.74. The second kappa shape index (κ2) is 5.63. The molecule has 0 fully saturated rings. The molecule has 0 bridgehead atoms. The Hall–Kier alpha value is -2.89. The van der Waals surface area contributed by atoms with E-state index in [4.69, 9.17) is 5.73 Å². The zero-order valence-electron chi connectivity index (χ0n) is 9.96. The highest BCUT2D eigenvalue weighted by Gasteiger charge is 2.12. The number of benzene rings is 1. The number of carbonyl (C=O) groups is 2. The number of nitrogens with one attached hydrogen (secondary N) is 2. The van der Waals surface area contributed by atoms with Gasteiger partial charge in [0, 0.05) is 11.9 Å². The minimum absolute atomic E-state index is 0.254. The summed E-state index contributed by atoms with van der Waals surface area (Å²) in [5.41, 5.74) is 6.71. The van der Waals surface area contributed by atoms with Crippen LogP contribution in [0.15, 0.2) is 48.8 Å². The van der Waals surface area contributed by atoms with Gasteiger partial charge in [0.15, 0.2) is 0 Å². The van der Waals surface area contributed by atoms with Gasteiger partial charge in [-0.2, -0.15) is 0 Å². The largest absolute Gasteiger partial charge is 0.398 e. The standard InChI is InChI=1S/C13H12N4O2/c14-11-6-2-1-5-10(11)12(18)17-13(19)16-9-4-3-7-15-8-9/h1-8H,14H2,(H2,16,17,18,19). The van der Waals surface area contributed by atoms with Crippen LogP contribution in [0.5, 0.6) is 0 Å². The zero-order valence-corrected chi connectivity index (χ0v) is 9.96. The average molecular weight is 256 g/mol. The first kappa shape index (κ1) is 12.6. The van der Waals surface area contributed by atoms with Gasteiger partial charge in [-0.05, 0) is 24.3 Å². The summed E-state index contributed by atoms with van der Waals surface area (Å²) in [5.74, 6) is -0.556. The van der Waals surface area contributed by atoms with Crippen molar-refractivity contribution >= 4 is 23.3 Å². The van der Waals surface area contributed by atoms with Gasteiger partial charge in [0.1, 0.15) is 0 Å². The van der Waals surface area contributed by atoms with Crippen LogP contribution in [0, 0.1) is 0 Å². The number of aromatic nitrogens is 1. The predicted molar refractivity (Wildman–Crippen MR) is 71.6 cm³/mol. The fourth-order valence-electron chi connectivity index (χ4n) is 1.47. The Labute approximate surface area is 109 Å². The Balaban J connectivity index is 2.00. The molecule has 0 radical (unpaired) electrons. The molecule has 6 nitrogen and oxygen atoms in total. The van der Waals surface area contributed by atoms with E-state index in [1.807, 2.05) is 0 Å². The third-order valence-electron chi connectivity index (χ3n) is 2.35. The molecule has 0 aliphatic heterocycles. The van der Waals surface area contributed by atoms with Gasteiger partial charge in [0.05, 0.1) is 17.4 Å². The Kier molecular flexibility index (Phi) is 3.72. The Morgan fingerprint density at radius 2 is 1.89 bits per heavy atom. The fraction of sp³-hybridized carbons (Fsp3) is 0. The SMILES string of the molecule is Nc1ccccc1C(=O)NC(=O)Nc1cccnc1. The van der Waals surface area contributed by atoms with Crippen LogP contribution in [-0.2, 0) is 0 Å². The number of hydrogen-bond donors (Lipinski definition) is 3. The van der Waals surface area contributed by atoms with E-state index in [2.05, 4.69) is 15.6 Å². The summed E-state index contributed by atoms with van der Waals surface area (Å²) in [5, 5.41) is 4.68. The van der Waals surface area contributed by atoms with Crippen molar-refractivity contribution in [2.24, 2.45) is 0 Å². The van der Waals surface area contributed by atoms with Crippen LogP contribution in [0.25, 0.3) is 0 Å². The summed E-state index contributed by atoms with van der Waals surface area (Å²) in [6, 6.07) is 9.21. The number of rotatable bonds is 2. The molecule has 0 spiro atoms. The van der Waals surface area contributed by atoms with Gasteiger partial charge in [0.2, 0.25) is 0 Å². The number of nitrogens with two attached hydrogens (primary N) is 1. The molecule has 0 unspecified atom stereocenters. The molecule has 0 aliphatic carbocycles. The van der Waals surface area contributed by atoms with E-state index in [-0.39, 0.29) is 5.56 Å². The van der Waals surface area contributed by atoms with Crippen LogP contribution >= 0.6 is 0 Å².